The number of nitrogens with zero attached hydrogens (tertiary/aromatic N) is 1. The number of unbranched alkanes of at least 4 members (excludes halogenated alkanes) is 1. The van der Waals surface area contributed by atoms with Crippen molar-refractivity contribution in [1.29, 1.82) is 0 Å². The lowest BCUT2D eigenvalue weighted by molar-refractivity contribution is 0.0427. The van der Waals surface area contributed by atoms with Crippen LogP contribution in [0.5, 0.6) is 17.2 Å². The van der Waals surface area contributed by atoms with E-state index in [2.05, 4.69) is 18.7 Å². The maximum atomic E-state index is 13.8. The Morgan fingerprint density at radius 3 is 2.30 bits per heavy atom. The Hall–Kier alpha value is -3.49. The molecule has 0 spiro atoms. The number of furan rings is 1. The maximum absolute atomic E-state index is 13.8. The molecule has 1 atom stereocenters. The minimum absolute atomic E-state index is 0.166. The number of hydrogen-bond donors (Lipinski definition) is 0. The van der Waals surface area contributed by atoms with E-state index in [-0.39, 0.29) is 16.0 Å². The topological polar surface area (TPSA) is 78.2 Å². The van der Waals surface area contributed by atoms with Crippen molar-refractivity contribution in [3.63, 3.8) is 0 Å². The molecule has 40 heavy (non-hydrogen) atoms. The molecule has 0 bridgehead atoms. The minimum Gasteiger partial charge on any atom is -0.493 e. The zero-order valence-electron chi connectivity index (χ0n) is 24.0. The highest BCUT2D eigenvalue weighted by atomic mass is 32.2. The molecule has 0 saturated carbocycles. The number of sulfone groups is 1. The average Bonchev–Trinajstić information content (AvgIpc) is 3.36. The molecule has 1 aromatic heterocycles. The van der Waals surface area contributed by atoms with Crippen LogP contribution in [0.4, 0.5) is 0 Å². The monoisotopic (exact) mass is 565 g/mol. The van der Waals surface area contributed by atoms with Gasteiger partial charge in [0.25, 0.3) is 0 Å². The lowest BCUT2D eigenvalue weighted by Crippen LogP contribution is -2.37. The van der Waals surface area contributed by atoms with Gasteiger partial charge in [0.2, 0.25) is 9.84 Å². The number of fused-ring (bicyclic) bond motifs is 1. The second-order valence-electron chi connectivity index (χ2n) is 9.83. The van der Waals surface area contributed by atoms with Crippen LogP contribution in [0.1, 0.15) is 44.4 Å². The number of hydrogen-bond acceptors (Lipinski definition) is 7. The molecular weight excluding hydrogens is 526 g/mol. The van der Waals surface area contributed by atoms with Crippen LogP contribution in [0, 0.1) is 0 Å². The van der Waals surface area contributed by atoms with E-state index in [1.165, 1.54) is 0 Å². The summed E-state index contributed by atoms with van der Waals surface area (Å²) in [5.41, 5.74) is 1.73. The first kappa shape index (κ1) is 29.5. The van der Waals surface area contributed by atoms with Gasteiger partial charge in [-0.05, 0) is 80.4 Å². The molecule has 1 heterocycles. The third-order valence-corrected chi connectivity index (χ3v) is 8.97. The van der Waals surface area contributed by atoms with E-state index in [4.69, 9.17) is 18.6 Å². The first-order valence-electron chi connectivity index (χ1n) is 13.8. The number of ether oxygens (including phenoxy) is 3. The van der Waals surface area contributed by atoms with Crippen LogP contribution in [0.25, 0.3) is 11.0 Å². The van der Waals surface area contributed by atoms with Gasteiger partial charge in [0.1, 0.15) is 22.0 Å². The highest BCUT2D eigenvalue weighted by Gasteiger charge is 2.28. The molecule has 0 fully saturated rings. The molecule has 0 N–H and O–H groups in total. The molecule has 1 unspecified atom stereocenters. The molecule has 0 saturated heterocycles. The van der Waals surface area contributed by atoms with Crippen LogP contribution in [0.15, 0.2) is 80.9 Å². The summed E-state index contributed by atoms with van der Waals surface area (Å²) in [4.78, 5) is 2.64. The van der Waals surface area contributed by atoms with Gasteiger partial charge in [-0.3, -0.25) is 4.90 Å². The van der Waals surface area contributed by atoms with Crippen LogP contribution < -0.4 is 14.2 Å². The van der Waals surface area contributed by atoms with E-state index < -0.39 is 9.84 Å². The second-order valence-corrected chi connectivity index (χ2v) is 11.7. The summed E-state index contributed by atoms with van der Waals surface area (Å²) in [6.07, 6.45) is 3.80. The Labute approximate surface area is 237 Å². The first-order chi connectivity index (χ1) is 19.3. The highest BCUT2D eigenvalue weighted by Crippen LogP contribution is 2.35. The van der Waals surface area contributed by atoms with Crippen molar-refractivity contribution < 1.29 is 27.0 Å². The summed E-state index contributed by atoms with van der Waals surface area (Å²) in [6, 6.07) is 19.9. The zero-order valence-corrected chi connectivity index (χ0v) is 24.8. The van der Waals surface area contributed by atoms with Crippen molar-refractivity contribution in [3.05, 3.63) is 78.1 Å². The van der Waals surface area contributed by atoms with Crippen molar-refractivity contribution >= 4 is 20.8 Å². The van der Waals surface area contributed by atoms with Gasteiger partial charge in [0, 0.05) is 18.4 Å². The van der Waals surface area contributed by atoms with Gasteiger partial charge >= 0.3 is 0 Å². The van der Waals surface area contributed by atoms with Gasteiger partial charge < -0.3 is 18.6 Å². The smallest absolute Gasteiger partial charge is 0.210 e. The minimum atomic E-state index is -3.78. The number of likely N-dealkylation sites (N-methyl/N-ethyl adjacent to an activating group) is 1. The summed E-state index contributed by atoms with van der Waals surface area (Å²) in [6.45, 7) is 4.92. The summed E-state index contributed by atoms with van der Waals surface area (Å²) in [5.74, 6) is 2.55. The number of benzene rings is 3. The van der Waals surface area contributed by atoms with Crippen molar-refractivity contribution in [2.24, 2.45) is 0 Å². The van der Waals surface area contributed by atoms with Crippen LogP contribution in [-0.4, -0.2) is 47.4 Å². The summed E-state index contributed by atoms with van der Waals surface area (Å²) < 4.78 is 50.5. The largest absolute Gasteiger partial charge is 0.493 e. The lowest BCUT2D eigenvalue weighted by atomic mass is 10.1. The molecule has 0 aliphatic rings. The molecule has 4 aromatic rings. The quantitative estimate of drug-likeness (QED) is 0.154. The third kappa shape index (κ3) is 6.45. The van der Waals surface area contributed by atoms with Gasteiger partial charge in [-0.1, -0.05) is 38.5 Å². The first-order valence-corrected chi connectivity index (χ1v) is 15.2. The molecule has 0 aliphatic carbocycles. The van der Waals surface area contributed by atoms with Crippen molar-refractivity contribution in [2.75, 3.05) is 27.8 Å². The van der Waals surface area contributed by atoms with Gasteiger partial charge in [-0.2, -0.15) is 0 Å². The Morgan fingerprint density at radius 1 is 0.900 bits per heavy atom. The fourth-order valence-corrected chi connectivity index (χ4v) is 6.44. The Bertz CT molecular complexity index is 1510. The van der Waals surface area contributed by atoms with Crippen LogP contribution in [0.3, 0.4) is 0 Å². The van der Waals surface area contributed by atoms with Gasteiger partial charge in [0.15, 0.2) is 17.7 Å². The van der Waals surface area contributed by atoms with E-state index >= 15 is 0 Å². The number of methoxy groups -OCH3 is 2. The van der Waals surface area contributed by atoms with Crippen molar-refractivity contribution in [2.45, 2.75) is 62.0 Å². The number of para-hydroxylation sites is 1. The van der Waals surface area contributed by atoms with Crippen molar-refractivity contribution in [3.8, 4) is 17.2 Å². The summed E-state index contributed by atoms with van der Waals surface area (Å²) in [5, 5.41) is 0.621. The van der Waals surface area contributed by atoms with Crippen LogP contribution >= 0.6 is 0 Å². The van der Waals surface area contributed by atoms with Crippen LogP contribution in [-0.2, 0) is 22.7 Å². The Balaban J connectivity index is 1.47. The average molecular weight is 566 g/mol. The molecule has 0 radical (unpaired) electrons. The number of aryl methyl sites for hydroxylation is 1. The van der Waals surface area contributed by atoms with Gasteiger partial charge in [0.05, 0.1) is 19.1 Å². The summed E-state index contributed by atoms with van der Waals surface area (Å²) >= 11 is 0. The van der Waals surface area contributed by atoms with E-state index in [0.717, 1.165) is 37.8 Å². The SMILES string of the molecule is CCCCc1oc2ccccc2c1S(=O)(=O)c1ccc(OC(CC)N(C)CCc2ccc(OC)c(OC)c2)cc1. The maximum Gasteiger partial charge on any atom is 0.210 e. The molecule has 7 nitrogen and oxygen atoms in total. The van der Waals surface area contributed by atoms with Crippen molar-refractivity contribution in [1.82, 2.24) is 4.90 Å². The fraction of sp³-hybridized carbons (Fsp3) is 0.375. The van der Waals surface area contributed by atoms with E-state index in [1.54, 1.807) is 38.5 Å². The fourth-order valence-electron chi connectivity index (χ4n) is 4.81. The van der Waals surface area contributed by atoms with Gasteiger partial charge in [-0.25, -0.2) is 8.42 Å². The van der Waals surface area contributed by atoms with E-state index in [9.17, 15) is 8.42 Å². The molecule has 0 aliphatic heterocycles. The zero-order chi connectivity index (χ0) is 28.7. The van der Waals surface area contributed by atoms with Crippen LogP contribution in [0.2, 0.25) is 0 Å². The molecule has 0 amide bonds. The second kappa shape index (κ2) is 13.2. The third-order valence-electron chi connectivity index (χ3n) is 7.09. The Morgan fingerprint density at radius 2 is 1.62 bits per heavy atom. The molecule has 3 aromatic carbocycles. The molecule has 8 heteroatoms. The number of rotatable bonds is 14. The predicted octanol–water partition coefficient (Wildman–Crippen LogP) is 6.91. The molecular formula is C32H39NO6S. The highest BCUT2D eigenvalue weighted by molar-refractivity contribution is 7.91. The standard InChI is InChI=1S/C32H39NO6S/c1-6-8-12-29-32(26-11-9-10-13-27(26)39-29)40(34,35)25-17-15-24(16-18-25)38-31(7-2)33(3)21-20-23-14-19-28(36-4)30(22-23)37-5/h9-11,13-19,22,31H,6-8,12,20-21H2,1-5H3. The normalized spacial score (nSPS) is 12.6. The summed E-state index contributed by atoms with van der Waals surface area (Å²) in [7, 11) is 1.50. The predicted molar refractivity (Wildman–Crippen MR) is 157 cm³/mol. The lowest BCUT2D eigenvalue weighted by Gasteiger charge is -2.28. The van der Waals surface area contributed by atoms with Gasteiger partial charge in [-0.15, -0.1) is 0 Å². The van der Waals surface area contributed by atoms with E-state index in [0.29, 0.717) is 40.4 Å². The Kier molecular flexibility index (Phi) is 9.76. The van der Waals surface area contributed by atoms with E-state index in [1.807, 2.05) is 49.5 Å². The molecule has 4 rings (SSSR count). The molecule has 214 valence electrons.